The van der Waals surface area contributed by atoms with Crippen molar-refractivity contribution in [2.45, 2.75) is 153 Å². The average Bonchev–Trinajstić information content (AvgIpc) is 2.93. The van der Waals surface area contributed by atoms with Crippen molar-refractivity contribution in [3.63, 3.8) is 0 Å². The van der Waals surface area contributed by atoms with Crippen LogP contribution in [0.25, 0.3) is 0 Å². The molecular weight excluding hydrogens is 620 g/mol. The minimum Gasteiger partial charge on any atom is -0.465 e. The smallest absolute Gasteiger partial charge is 0.330 e. The number of hydrogen-bond acceptors (Lipinski definition) is 8. The van der Waals surface area contributed by atoms with Gasteiger partial charge in [-0.1, -0.05) is 65.7 Å². The van der Waals surface area contributed by atoms with Crippen LogP contribution in [0, 0.1) is 50.2 Å². The van der Waals surface area contributed by atoms with Gasteiger partial charge in [0.15, 0.2) is 0 Å². The number of carbonyl (C=O) groups is 4. The summed E-state index contributed by atoms with van der Waals surface area (Å²) in [4.78, 5) is 51.0. The third-order valence-electron chi connectivity index (χ3n) is 14.6. The van der Waals surface area contributed by atoms with E-state index in [1.807, 2.05) is 13.8 Å². The first-order valence-electron chi connectivity index (χ1n) is 18.6. The SMILES string of the molecule is CC(=O)OC[C@]12[C@@H](OC(C)=O)CC(C)(C)C[C@H]1C1=CC[C@@H]3[C@@]4(C)CC[C@H](OC(C)=O)C(C)(C)[C@@H]4CC[C@@]3(C)[C@]1(C)C[C@H]2OC(=O)C=C(C)C. The summed E-state index contributed by atoms with van der Waals surface area (Å²) in [6.07, 6.45) is 9.32. The van der Waals surface area contributed by atoms with Gasteiger partial charge >= 0.3 is 23.9 Å². The Morgan fingerprint density at radius 1 is 0.735 bits per heavy atom. The highest BCUT2D eigenvalue weighted by molar-refractivity contribution is 5.83. The second-order valence-electron chi connectivity index (χ2n) is 18.7. The van der Waals surface area contributed by atoms with Crippen molar-refractivity contribution in [3.8, 4) is 0 Å². The highest BCUT2D eigenvalue weighted by Crippen LogP contribution is 2.76. The number of allylic oxidation sites excluding steroid dienone is 3. The van der Waals surface area contributed by atoms with Gasteiger partial charge in [-0.05, 0) is 105 Å². The number of rotatable bonds is 6. The van der Waals surface area contributed by atoms with Gasteiger partial charge in [-0.25, -0.2) is 4.79 Å². The van der Waals surface area contributed by atoms with Crippen LogP contribution in [0.4, 0.5) is 0 Å². The highest BCUT2D eigenvalue weighted by Gasteiger charge is 2.73. The van der Waals surface area contributed by atoms with Crippen molar-refractivity contribution in [1.29, 1.82) is 0 Å². The Labute approximate surface area is 294 Å². The Bertz CT molecular complexity index is 1430. The third-order valence-corrected chi connectivity index (χ3v) is 14.6. The molecule has 5 aliphatic carbocycles. The molecule has 5 aliphatic rings. The summed E-state index contributed by atoms with van der Waals surface area (Å²) >= 11 is 0. The minimum atomic E-state index is -0.933. The molecule has 5 rings (SSSR count). The van der Waals surface area contributed by atoms with Crippen molar-refractivity contribution in [2.75, 3.05) is 6.61 Å². The van der Waals surface area contributed by atoms with Crippen LogP contribution in [0.5, 0.6) is 0 Å². The van der Waals surface area contributed by atoms with Crippen LogP contribution in [-0.2, 0) is 38.1 Å². The number of fused-ring (bicyclic) bond motifs is 7. The molecule has 0 aromatic heterocycles. The molecule has 274 valence electrons. The fraction of sp³-hybridized carbons (Fsp3) is 0.805. The van der Waals surface area contributed by atoms with Crippen LogP contribution >= 0.6 is 0 Å². The van der Waals surface area contributed by atoms with Crippen LogP contribution in [-0.4, -0.2) is 48.8 Å². The summed E-state index contributed by atoms with van der Waals surface area (Å²) in [6, 6.07) is 0. The van der Waals surface area contributed by atoms with Crippen LogP contribution in [0.1, 0.15) is 134 Å². The summed E-state index contributed by atoms with van der Waals surface area (Å²) < 4.78 is 24.6. The maximum absolute atomic E-state index is 13.6. The fourth-order valence-corrected chi connectivity index (χ4v) is 12.4. The molecule has 0 spiro atoms. The van der Waals surface area contributed by atoms with Crippen molar-refractivity contribution in [1.82, 2.24) is 0 Å². The monoisotopic (exact) mass is 682 g/mol. The maximum Gasteiger partial charge on any atom is 0.330 e. The Balaban J connectivity index is 1.68. The van der Waals surface area contributed by atoms with Crippen LogP contribution in [0.15, 0.2) is 23.3 Å². The topological polar surface area (TPSA) is 105 Å². The van der Waals surface area contributed by atoms with Gasteiger partial charge in [-0.3, -0.25) is 14.4 Å². The molecule has 0 N–H and O–H groups in total. The van der Waals surface area contributed by atoms with Gasteiger partial charge in [0, 0.05) is 32.3 Å². The first kappa shape index (κ1) is 37.6. The Kier molecular flexibility index (Phi) is 9.63. The van der Waals surface area contributed by atoms with E-state index < -0.39 is 35.5 Å². The lowest BCUT2D eigenvalue weighted by atomic mass is 9.33. The second-order valence-corrected chi connectivity index (χ2v) is 18.7. The van der Waals surface area contributed by atoms with Gasteiger partial charge < -0.3 is 18.9 Å². The van der Waals surface area contributed by atoms with E-state index in [1.165, 1.54) is 32.4 Å². The predicted octanol–water partition coefficient (Wildman–Crippen LogP) is 8.31. The molecule has 4 fully saturated rings. The normalized spacial score (nSPS) is 41.6. The van der Waals surface area contributed by atoms with Crippen molar-refractivity contribution in [3.05, 3.63) is 23.3 Å². The van der Waals surface area contributed by atoms with E-state index in [0.29, 0.717) is 24.7 Å². The maximum atomic E-state index is 13.6. The Morgan fingerprint density at radius 2 is 1.35 bits per heavy atom. The number of ether oxygens (including phenoxy) is 4. The van der Waals surface area contributed by atoms with Gasteiger partial charge in [0.25, 0.3) is 0 Å². The molecule has 49 heavy (non-hydrogen) atoms. The molecule has 0 amide bonds. The third kappa shape index (κ3) is 6.09. The lowest BCUT2D eigenvalue weighted by molar-refractivity contribution is -0.247. The molecular formula is C41H62O8. The van der Waals surface area contributed by atoms with E-state index >= 15 is 0 Å². The quantitative estimate of drug-likeness (QED) is 0.119. The predicted molar refractivity (Wildman–Crippen MR) is 187 cm³/mol. The molecule has 0 aromatic rings. The van der Waals surface area contributed by atoms with Gasteiger partial charge in [-0.2, -0.15) is 0 Å². The first-order chi connectivity index (χ1) is 22.5. The van der Waals surface area contributed by atoms with E-state index in [4.69, 9.17) is 18.9 Å². The Hall–Kier alpha value is -2.64. The molecule has 4 saturated carbocycles. The second kappa shape index (κ2) is 12.5. The van der Waals surface area contributed by atoms with Gasteiger partial charge in [0.2, 0.25) is 0 Å². The molecule has 0 radical (unpaired) electrons. The van der Waals surface area contributed by atoms with Crippen LogP contribution < -0.4 is 0 Å². The Morgan fingerprint density at radius 3 is 1.94 bits per heavy atom. The summed E-state index contributed by atoms with van der Waals surface area (Å²) in [5.74, 6) is -0.833. The molecule has 0 aliphatic heterocycles. The lowest BCUT2D eigenvalue weighted by Crippen LogP contribution is -2.70. The zero-order valence-corrected chi connectivity index (χ0v) is 32.2. The fourth-order valence-electron chi connectivity index (χ4n) is 12.4. The van der Waals surface area contributed by atoms with E-state index in [-0.39, 0.29) is 51.7 Å². The molecule has 0 heterocycles. The first-order valence-corrected chi connectivity index (χ1v) is 18.6. The average molecular weight is 683 g/mol. The van der Waals surface area contributed by atoms with Gasteiger partial charge in [0.1, 0.15) is 24.9 Å². The lowest BCUT2D eigenvalue weighted by Gasteiger charge is -2.72. The van der Waals surface area contributed by atoms with Crippen LogP contribution in [0.3, 0.4) is 0 Å². The molecule has 0 saturated heterocycles. The van der Waals surface area contributed by atoms with E-state index in [0.717, 1.165) is 44.1 Å². The summed E-state index contributed by atoms with van der Waals surface area (Å²) in [6.45, 7) is 24.5. The minimum absolute atomic E-state index is 0.00682. The molecule has 0 unspecified atom stereocenters. The summed E-state index contributed by atoms with van der Waals surface area (Å²) in [5, 5.41) is 0. The van der Waals surface area contributed by atoms with Gasteiger partial charge in [0.05, 0.1) is 5.41 Å². The van der Waals surface area contributed by atoms with E-state index in [2.05, 4.69) is 54.5 Å². The molecule has 8 nitrogen and oxygen atoms in total. The molecule has 8 heteroatoms. The molecule has 10 atom stereocenters. The van der Waals surface area contributed by atoms with Crippen molar-refractivity contribution in [2.24, 2.45) is 50.2 Å². The molecule has 0 bridgehead atoms. The number of carbonyl (C=O) groups excluding carboxylic acids is 4. The standard InChI is InChI=1S/C41H62O8/c1-24(2)19-35(45)49-34-22-40(12)28(29-20-36(6,7)21-33(48-27(5)44)41(29,34)23-46-25(3)42)13-14-31-38(10)17-16-32(47-26(4)43)37(8,9)30(38)15-18-39(31,40)11/h13,19,29-34H,14-18,20-23H2,1-12H3/t29-,30-,31+,32-,33-,34+,38-,39+,40+,41+/m0/s1. The van der Waals surface area contributed by atoms with Gasteiger partial charge in [-0.15, -0.1) is 0 Å². The zero-order chi connectivity index (χ0) is 36.5. The summed E-state index contributed by atoms with van der Waals surface area (Å²) in [5.41, 5.74) is 0.454. The van der Waals surface area contributed by atoms with Crippen molar-refractivity contribution < 1.29 is 38.1 Å². The van der Waals surface area contributed by atoms with E-state index in [9.17, 15) is 19.2 Å². The highest BCUT2D eigenvalue weighted by atomic mass is 16.6. The number of hydrogen-bond donors (Lipinski definition) is 0. The van der Waals surface area contributed by atoms with Crippen LogP contribution in [0.2, 0.25) is 0 Å². The molecule has 0 aromatic carbocycles. The number of esters is 4. The zero-order valence-electron chi connectivity index (χ0n) is 32.2. The largest absolute Gasteiger partial charge is 0.465 e. The summed E-state index contributed by atoms with van der Waals surface area (Å²) in [7, 11) is 0. The van der Waals surface area contributed by atoms with Crippen molar-refractivity contribution >= 4 is 23.9 Å². The van der Waals surface area contributed by atoms with E-state index in [1.54, 1.807) is 0 Å².